The first-order valence-corrected chi connectivity index (χ1v) is 3.91. The zero-order valence-corrected chi connectivity index (χ0v) is 5.93. The first kappa shape index (κ1) is 5.72. The smallest absolute Gasteiger partial charge is 0.0596 e. The topological polar surface area (TPSA) is 20.2 Å². The van der Waals surface area contributed by atoms with Gasteiger partial charge in [-0.05, 0) is 30.6 Å². The van der Waals surface area contributed by atoms with E-state index >= 15 is 0 Å². The van der Waals surface area contributed by atoms with Gasteiger partial charge in [-0.25, -0.2) is 0 Å². The van der Waals surface area contributed by atoms with Crippen molar-refractivity contribution in [3.63, 3.8) is 0 Å². The molecule has 2 rings (SSSR count). The van der Waals surface area contributed by atoms with Crippen LogP contribution in [-0.4, -0.2) is 11.2 Å². The number of fused-ring (bicyclic) bond motifs is 1. The molecule has 0 aromatic carbocycles. The Bertz CT molecular complexity index is 133. The SMILES string of the molecule is C[C@@]12C[C@@H]1CCC[C@H]2O. The Morgan fingerprint density at radius 2 is 2.22 bits per heavy atom. The van der Waals surface area contributed by atoms with Crippen LogP contribution >= 0.6 is 0 Å². The van der Waals surface area contributed by atoms with Gasteiger partial charge < -0.3 is 5.11 Å². The van der Waals surface area contributed by atoms with Crippen molar-refractivity contribution in [2.24, 2.45) is 11.3 Å². The van der Waals surface area contributed by atoms with Crippen molar-refractivity contribution in [2.45, 2.75) is 38.7 Å². The molecular weight excluding hydrogens is 112 g/mol. The molecule has 9 heavy (non-hydrogen) atoms. The maximum absolute atomic E-state index is 9.48. The van der Waals surface area contributed by atoms with Gasteiger partial charge in [0.25, 0.3) is 0 Å². The van der Waals surface area contributed by atoms with Crippen LogP contribution in [0.1, 0.15) is 32.6 Å². The Balaban J connectivity index is 2.10. The van der Waals surface area contributed by atoms with Crippen molar-refractivity contribution in [3.05, 3.63) is 0 Å². The Morgan fingerprint density at radius 1 is 1.44 bits per heavy atom. The van der Waals surface area contributed by atoms with Gasteiger partial charge in [0.1, 0.15) is 0 Å². The van der Waals surface area contributed by atoms with E-state index in [4.69, 9.17) is 0 Å². The van der Waals surface area contributed by atoms with Gasteiger partial charge in [0.2, 0.25) is 0 Å². The van der Waals surface area contributed by atoms with Crippen molar-refractivity contribution >= 4 is 0 Å². The summed E-state index contributed by atoms with van der Waals surface area (Å²) in [5.74, 6) is 0.876. The number of hydrogen-bond donors (Lipinski definition) is 1. The molecule has 2 saturated carbocycles. The molecule has 0 aromatic rings. The molecule has 1 heteroatoms. The highest BCUT2D eigenvalue weighted by atomic mass is 16.3. The summed E-state index contributed by atoms with van der Waals surface area (Å²) in [5.41, 5.74) is 0.359. The predicted molar refractivity (Wildman–Crippen MR) is 36.1 cm³/mol. The second-order valence-electron chi connectivity index (χ2n) is 3.85. The highest BCUT2D eigenvalue weighted by Crippen LogP contribution is 2.60. The van der Waals surface area contributed by atoms with Crippen molar-refractivity contribution < 1.29 is 5.11 Å². The van der Waals surface area contributed by atoms with Crippen LogP contribution in [0.2, 0.25) is 0 Å². The monoisotopic (exact) mass is 126 g/mol. The quantitative estimate of drug-likeness (QED) is 0.522. The minimum absolute atomic E-state index is 0.0243. The van der Waals surface area contributed by atoms with E-state index in [0.29, 0.717) is 5.41 Å². The molecule has 1 nitrogen and oxygen atoms in total. The summed E-state index contributed by atoms with van der Waals surface area (Å²) >= 11 is 0. The maximum atomic E-state index is 9.48. The van der Waals surface area contributed by atoms with Gasteiger partial charge in [-0.15, -0.1) is 0 Å². The van der Waals surface area contributed by atoms with Crippen molar-refractivity contribution in [2.75, 3.05) is 0 Å². The Morgan fingerprint density at radius 3 is 2.78 bits per heavy atom. The summed E-state index contributed by atoms with van der Waals surface area (Å²) in [6.07, 6.45) is 4.98. The van der Waals surface area contributed by atoms with E-state index in [0.717, 1.165) is 12.3 Å². The first-order valence-electron chi connectivity index (χ1n) is 3.91. The molecule has 0 radical (unpaired) electrons. The first-order chi connectivity index (χ1) is 4.23. The van der Waals surface area contributed by atoms with Crippen molar-refractivity contribution in [3.8, 4) is 0 Å². The zero-order valence-electron chi connectivity index (χ0n) is 5.93. The minimum atomic E-state index is 0.0243. The fraction of sp³-hybridized carbons (Fsp3) is 1.00. The van der Waals surface area contributed by atoms with Crippen LogP contribution in [0.4, 0.5) is 0 Å². The lowest BCUT2D eigenvalue weighted by molar-refractivity contribution is 0.0647. The third-order valence-corrected chi connectivity index (χ3v) is 3.25. The molecular formula is C8H14O. The average Bonchev–Trinajstić information content (AvgIpc) is 2.44. The number of hydrogen-bond acceptors (Lipinski definition) is 1. The third-order valence-electron chi connectivity index (χ3n) is 3.25. The lowest BCUT2D eigenvalue weighted by Crippen LogP contribution is -2.24. The number of rotatable bonds is 0. The zero-order chi connectivity index (χ0) is 6.48. The van der Waals surface area contributed by atoms with E-state index in [2.05, 4.69) is 6.92 Å². The summed E-state index contributed by atoms with van der Waals surface area (Å²) in [6, 6.07) is 0. The summed E-state index contributed by atoms with van der Waals surface area (Å²) in [4.78, 5) is 0. The van der Waals surface area contributed by atoms with E-state index in [1.165, 1.54) is 19.3 Å². The molecule has 2 fully saturated rings. The van der Waals surface area contributed by atoms with E-state index in [1.54, 1.807) is 0 Å². The molecule has 0 amide bonds. The predicted octanol–water partition coefficient (Wildman–Crippen LogP) is 1.56. The lowest BCUT2D eigenvalue weighted by Gasteiger charge is -2.23. The molecule has 3 atom stereocenters. The molecule has 0 bridgehead atoms. The molecule has 0 aromatic heterocycles. The largest absolute Gasteiger partial charge is 0.393 e. The summed E-state index contributed by atoms with van der Waals surface area (Å²) in [6.45, 7) is 2.22. The molecule has 52 valence electrons. The van der Waals surface area contributed by atoms with E-state index in [1.807, 2.05) is 0 Å². The Labute approximate surface area is 56.1 Å². The second-order valence-corrected chi connectivity index (χ2v) is 3.85. The van der Waals surface area contributed by atoms with Gasteiger partial charge in [-0.2, -0.15) is 0 Å². The summed E-state index contributed by atoms with van der Waals surface area (Å²) < 4.78 is 0. The van der Waals surface area contributed by atoms with Crippen LogP contribution in [0, 0.1) is 11.3 Å². The van der Waals surface area contributed by atoms with Crippen LogP contribution < -0.4 is 0 Å². The van der Waals surface area contributed by atoms with Gasteiger partial charge in [0.15, 0.2) is 0 Å². The fourth-order valence-corrected chi connectivity index (χ4v) is 2.20. The minimum Gasteiger partial charge on any atom is -0.393 e. The molecule has 2 aliphatic rings. The molecule has 0 saturated heterocycles. The van der Waals surface area contributed by atoms with E-state index < -0.39 is 0 Å². The van der Waals surface area contributed by atoms with Crippen LogP contribution in [0.5, 0.6) is 0 Å². The highest BCUT2D eigenvalue weighted by Gasteiger charge is 2.55. The van der Waals surface area contributed by atoms with Gasteiger partial charge in [-0.3, -0.25) is 0 Å². The molecule has 0 unspecified atom stereocenters. The highest BCUT2D eigenvalue weighted by molar-refractivity contribution is 5.05. The fourth-order valence-electron chi connectivity index (χ4n) is 2.20. The molecule has 0 heterocycles. The normalized spacial score (nSPS) is 56.7. The molecule has 2 aliphatic carbocycles. The number of aliphatic hydroxyl groups excluding tert-OH is 1. The lowest BCUT2D eigenvalue weighted by atomic mass is 9.87. The van der Waals surface area contributed by atoms with Crippen LogP contribution in [0.15, 0.2) is 0 Å². The number of aliphatic hydroxyl groups is 1. The molecule has 1 N–H and O–H groups in total. The molecule has 0 spiro atoms. The average molecular weight is 126 g/mol. The van der Waals surface area contributed by atoms with Crippen molar-refractivity contribution in [1.82, 2.24) is 0 Å². The van der Waals surface area contributed by atoms with Gasteiger partial charge in [-0.1, -0.05) is 13.3 Å². The van der Waals surface area contributed by atoms with Crippen LogP contribution in [0.3, 0.4) is 0 Å². The van der Waals surface area contributed by atoms with E-state index in [9.17, 15) is 5.11 Å². The Hall–Kier alpha value is -0.0400. The third kappa shape index (κ3) is 0.644. The van der Waals surface area contributed by atoms with Gasteiger partial charge >= 0.3 is 0 Å². The second kappa shape index (κ2) is 1.51. The van der Waals surface area contributed by atoms with Crippen LogP contribution in [-0.2, 0) is 0 Å². The maximum Gasteiger partial charge on any atom is 0.0596 e. The van der Waals surface area contributed by atoms with E-state index in [-0.39, 0.29) is 6.10 Å². The van der Waals surface area contributed by atoms with Crippen molar-refractivity contribution in [1.29, 1.82) is 0 Å². The summed E-state index contributed by atoms with van der Waals surface area (Å²) in [5, 5.41) is 9.48. The Kier molecular flexibility index (Phi) is 0.963. The molecule has 0 aliphatic heterocycles. The summed E-state index contributed by atoms with van der Waals surface area (Å²) in [7, 11) is 0. The van der Waals surface area contributed by atoms with Crippen LogP contribution in [0.25, 0.3) is 0 Å². The van der Waals surface area contributed by atoms with Gasteiger partial charge in [0.05, 0.1) is 6.10 Å². The van der Waals surface area contributed by atoms with Gasteiger partial charge in [0, 0.05) is 0 Å². The standard InChI is InChI=1S/C8H14O/c1-8-5-6(8)3-2-4-7(8)9/h6-7,9H,2-5H2,1H3/t6-,7+,8+/m0/s1.